The van der Waals surface area contributed by atoms with Crippen LogP contribution < -0.4 is 9.50 Å². The molecule has 1 atom stereocenters. The maximum Gasteiger partial charge on any atom is 0.318 e. The van der Waals surface area contributed by atoms with E-state index in [1.54, 1.807) is 29.2 Å². The van der Waals surface area contributed by atoms with Crippen molar-refractivity contribution in [2.45, 2.75) is 51.8 Å². The number of benzene rings is 1. The van der Waals surface area contributed by atoms with Crippen LogP contribution in [-0.4, -0.2) is 50.4 Å². The van der Waals surface area contributed by atoms with Crippen molar-refractivity contribution in [3.8, 4) is 5.75 Å². The third-order valence-corrected chi connectivity index (χ3v) is 4.26. The van der Waals surface area contributed by atoms with Crippen LogP contribution in [0, 0.1) is 0 Å². The summed E-state index contributed by atoms with van der Waals surface area (Å²) in [4.78, 5) is 14.4. The first kappa shape index (κ1) is 20.5. The molecule has 26 heavy (non-hydrogen) atoms. The zero-order chi connectivity index (χ0) is 19.4. The van der Waals surface area contributed by atoms with E-state index in [-0.39, 0.29) is 23.4 Å². The number of ether oxygens (including phenoxy) is 1. The Hall–Kier alpha value is -1.80. The van der Waals surface area contributed by atoms with Crippen molar-refractivity contribution in [2.75, 3.05) is 19.4 Å². The van der Waals surface area contributed by atoms with Gasteiger partial charge in [-0.2, -0.15) is 8.42 Å². The Kier molecular flexibility index (Phi) is 6.52. The second-order valence-electron chi connectivity index (χ2n) is 7.63. The lowest BCUT2D eigenvalue weighted by atomic mass is 10.1. The lowest BCUT2D eigenvalue weighted by molar-refractivity contribution is 0.0782. The molecular weight excluding hydrogens is 356 g/mol. The van der Waals surface area contributed by atoms with Crippen LogP contribution in [0.1, 0.15) is 39.2 Å². The van der Waals surface area contributed by atoms with E-state index in [0.29, 0.717) is 13.1 Å². The Morgan fingerprint density at radius 2 is 1.96 bits per heavy atom. The van der Waals surface area contributed by atoms with Gasteiger partial charge < -0.3 is 19.1 Å². The molecule has 0 bridgehead atoms. The Labute approximate surface area is 155 Å². The Morgan fingerprint density at radius 3 is 2.46 bits per heavy atom. The molecule has 1 saturated heterocycles. The normalized spacial score (nSPS) is 17.8. The molecule has 8 heteroatoms. The number of urea groups is 1. The SMILES string of the molecule is CC(C)(C)NC(=O)N(Cc1ccc(OS(C)(=O)=O)cc1)C[C@@H]1CCCO1. The van der Waals surface area contributed by atoms with Crippen molar-refractivity contribution in [3.63, 3.8) is 0 Å². The molecule has 1 aliphatic heterocycles. The molecule has 1 heterocycles. The molecule has 2 amide bonds. The summed E-state index contributed by atoms with van der Waals surface area (Å²) in [6.07, 6.45) is 3.01. The summed E-state index contributed by atoms with van der Waals surface area (Å²) in [6, 6.07) is 6.54. The summed E-state index contributed by atoms with van der Waals surface area (Å²) >= 11 is 0. The molecular formula is C18H28N2O5S. The first-order valence-corrected chi connectivity index (χ1v) is 10.5. The predicted molar refractivity (Wildman–Crippen MR) is 99.6 cm³/mol. The standard InChI is InChI=1S/C18H28N2O5S/c1-18(2,3)19-17(21)20(13-16-6-5-11-24-16)12-14-7-9-15(10-8-14)25-26(4,22)23/h7-10,16H,5-6,11-13H2,1-4H3,(H,19,21)/t16-/m0/s1. The van der Waals surface area contributed by atoms with Crippen molar-refractivity contribution in [1.29, 1.82) is 0 Å². The molecule has 0 aromatic heterocycles. The Balaban J connectivity index is 2.08. The van der Waals surface area contributed by atoms with Gasteiger partial charge in [0.05, 0.1) is 12.4 Å². The van der Waals surface area contributed by atoms with Gasteiger partial charge in [0.25, 0.3) is 0 Å². The first-order chi connectivity index (χ1) is 12.0. The van der Waals surface area contributed by atoms with Gasteiger partial charge in [-0.15, -0.1) is 0 Å². The molecule has 1 aromatic carbocycles. The quantitative estimate of drug-likeness (QED) is 0.762. The Bertz CT molecular complexity index is 704. The molecule has 0 unspecified atom stereocenters. The van der Waals surface area contributed by atoms with Gasteiger partial charge in [-0.05, 0) is 51.3 Å². The minimum Gasteiger partial charge on any atom is -0.383 e. The van der Waals surface area contributed by atoms with E-state index in [0.717, 1.165) is 31.3 Å². The first-order valence-electron chi connectivity index (χ1n) is 8.69. The predicted octanol–water partition coefficient (Wildman–Crippen LogP) is 2.51. The van der Waals surface area contributed by atoms with E-state index in [4.69, 9.17) is 8.92 Å². The van der Waals surface area contributed by atoms with Crippen molar-refractivity contribution in [3.05, 3.63) is 29.8 Å². The zero-order valence-corrected chi connectivity index (χ0v) is 16.6. The Morgan fingerprint density at radius 1 is 1.31 bits per heavy atom. The van der Waals surface area contributed by atoms with Crippen molar-refractivity contribution < 1.29 is 22.1 Å². The lowest BCUT2D eigenvalue weighted by Gasteiger charge is -2.30. The second kappa shape index (κ2) is 8.26. The van der Waals surface area contributed by atoms with E-state index >= 15 is 0 Å². The highest BCUT2D eigenvalue weighted by Gasteiger charge is 2.25. The molecule has 7 nitrogen and oxygen atoms in total. The average Bonchev–Trinajstić information content (AvgIpc) is 2.98. The fraction of sp³-hybridized carbons (Fsp3) is 0.611. The monoisotopic (exact) mass is 384 g/mol. The molecule has 1 aromatic rings. The van der Waals surface area contributed by atoms with Crippen LogP contribution in [0.25, 0.3) is 0 Å². The summed E-state index contributed by atoms with van der Waals surface area (Å²) in [7, 11) is -3.55. The molecule has 2 rings (SSSR count). The third-order valence-electron chi connectivity index (χ3n) is 3.76. The van der Waals surface area contributed by atoms with Crippen LogP contribution in [0.2, 0.25) is 0 Å². The molecule has 0 aliphatic carbocycles. The van der Waals surface area contributed by atoms with E-state index in [2.05, 4.69) is 5.32 Å². The summed E-state index contributed by atoms with van der Waals surface area (Å²) in [6.45, 7) is 7.47. The highest BCUT2D eigenvalue weighted by atomic mass is 32.2. The number of carbonyl (C=O) groups excluding carboxylic acids is 1. The average molecular weight is 384 g/mol. The molecule has 1 N–H and O–H groups in total. The number of hydrogen-bond acceptors (Lipinski definition) is 5. The summed E-state index contributed by atoms with van der Waals surface area (Å²) in [5.74, 6) is 0.251. The molecule has 1 aliphatic rings. The zero-order valence-electron chi connectivity index (χ0n) is 15.8. The second-order valence-corrected chi connectivity index (χ2v) is 9.20. The van der Waals surface area contributed by atoms with Crippen LogP contribution in [-0.2, 0) is 21.4 Å². The fourth-order valence-corrected chi connectivity index (χ4v) is 3.16. The van der Waals surface area contributed by atoms with Gasteiger partial charge in [0.15, 0.2) is 0 Å². The minimum absolute atomic E-state index is 0.0496. The largest absolute Gasteiger partial charge is 0.383 e. The van der Waals surface area contributed by atoms with Gasteiger partial charge >= 0.3 is 16.1 Å². The van der Waals surface area contributed by atoms with Gasteiger partial charge in [-0.3, -0.25) is 0 Å². The number of carbonyl (C=O) groups is 1. The lowest BCUT2D eigenvalue weighted by Crippen LogP contribution is -2.50. The maximum atomic E-state index is 12.7. The topological polar surface area (TPSA) is 84.9 Å². The minimum atomic E-state index is -3.55. The van der Waals surface area contributed by atoms with E-state index in [9.17, 15) is 13.2 Å². The summed E-state index contributed by atoms with van der Waals surface area (Å²) in [5, 5.41) is 2.98. The number of nitrogens with one attached hydrogen (secondary N) is 1. The van der Waals surface area contributed by atoms with Crippen LogP contribution >= 0.6 is 0 Å². The van der Waals surface area contributed by atoms with E-state index < -0.39 is 10.1 Å². The number of hydrogen-bond donors (Lipinski definition) is 1. The summed E-state index contributed by atoms with van der Waals surface area (Å²) < 4.78 is 32.9. The van der Waals surface area contributed by atoms with Crippen LogP contribution in [0.3, 0.4) is 0 Å². The van der Waals surface area contributed by atoms with Crippen LogP contribution in [0.15, 0.2) is 24.3 Å². The van der Waals surface area contributed by atoms with Crippen molar-refractivity contribution >= 4 is 16.1 Å². The molecule has 0 saturated carbocycles. The number of rotatable bonds is 6. The number of nitrogens with zero attached hydrogens (tertiary/aromatic N) is 1. The fourth-order valence-electron chi connectivity index (χ4n) is 2.70. The molecule has 0 radical (unpaired) electrons. The van der Waals surface area contributed by atoms with Gasteiger partial charge in [0.2, 0.25) is 0 Å². The maximum absolute atomic E-state index is 12.7. The summed E-state index contributed by atoms with van der Waals surface area (Å²) in [5.41, 5.74) is 0.548. The van der Waals surface area contributed by atoms with Crippen LogP contribution in [0.5, 0.6) is 5.75 Å². The van der Waals surface area contributed by atoms with E-state index in [1.165, 1.54) is 0 Å². The molecule has 146 valence electrons. The highest BCUT2D eigenvalue weighted by Crippen LogP contribution is 2.18. The number of amides is 2. The van der Waals surface area contributed by atoms with Crippen molar-refractivity contribution in [1.82, 2.24) is 10.2 Å². The smallest absolute Gasteiger partial charge is 0.318 e. The van der Waals surface area contributed by atoms with Gasteiger partial charge in [-0.25, -0.2) is 4.79 Å². The van der Waals surface area contributed by atoms with E-state index in [1.807, 2.05) is 20.8 Å². The highest BCUT2D eigenvalue weighted by molar-refractivity contribution is 7.86. The van der Waals surface area contributed by atoms with Gasteiger partial charge in [-0.1, -0.05) is 12.1 Å². The van der Waals surface area contributed by atoms with Gasteiger partial charge in [0.1, 0.15) is 5.75 Å². The molecule has 1 fully saturated rings. The third kappa shape index (κ3) is 7.21. The molecule has 0 spiro atoms. The van der Waals surface area contributed by atoms with Crippen molar-refractivity contribution in [2.24, 2.45) is 0 Å². The van der Waals surface area contributed by atoms with Crippen LogP contribution in [0.4, 0.5) is 4.79 Å². The van der Waals surface area contributed by atoms with Gasteiger partial charge in [0, 0.05) is 25.2 Å².